The molecule has 0 radical (unpaired) electrons. The molecule has 1 aliphatic rings. The highest BCUT2D eigenvalue weighted by atomic mass is 32.2. The topological polar surface area (TPSA) is 90.3 Å². The van der Waals surface area contributed by atoms with E-state index in [0.29, 0.717) is 16.1 Å². The molecule has 1 saturated carbocycles. The van der Waals surface area contributed by atoms with Gasteiger partial charge in [0.2, 0.25) is 5.91 Å². The van der Waals surface area contributed by atoms with Crippen LogP contribution in [0.4, 0.5) is 0 Å². The van der Waals surface area contributed by atoms with Gasteiger partial charge < -0.3 is 10.1 Å². The number of carbonyl (C=O) groups is 2. The summed E-state index contributed by atoms with van der Waals surface area (Å²) in [5, 5.41) is 3.47. The fraction of sp³-hybridized carbons (Fsp3) is 0.444. The summed E-state index contributed by atoms with van der Waals surface area (Å²) in [6.07, 6.45) is 2.09. The van der Waals surface area contributed by atoms with Gasteiger partial charge in [-0.1, -0.05) is 23.9 Å². The minimum absolute atomic E-state index is 0.0621. The van der Waals surface area contributed by atoms with E-state index in [4.69, 9.17) is 0 Å². The molecule has 1 amide bonds. The molecular weight excluding hydrogens is 354 g/mol. The van der Waals surface area contributed by atoms with Crippen LogP contribution in [-0.2, 0) is 20.9 Å². The summed E-state index contributed by atoms with van der Waals surface area (Å²) >= 11 is 1.22. The number of para-hydroxylation sites is 1. The highest BCUT2D eigenvalue weighted by Gasteiger charge is 2.27. The molecule has 7 nitrogen and oxygen atoms in total. The number of ether oxygens (including phenoxy) is 1. The molecule has 0 aliphatic heterocycles. The largest absolute Gasteiger partial charge is 0.469 e. The van der Waals surface area contributed by atoms with Gasteiger partial charge in [-0.3, -0.25) is 19.0 Å². The molecule has 3 rings (SSSR count). The predicted octanol–water partition coefficient (Wildman–Crippen LogP) is 1.72. The molecule has 1 fully saturated rings. The van der Waals surface area contributed by atoms with E-state index in [1.807, 2.05) is 6.07 Å². The maximum atomic E-state index is 12.8. The van der Waals surface area contributed by atoms with Crippen molar-refractivity contribution >= 4 is 34.5 Å². The fourth-order valence-electron chi connectivity index (χ4n) is 2.50. The van der Waals surface area contributed by atoms with E-state index in [2.05, 4.69) is 15.0 Å². The number of methoxy groups -OCH3 is 1. The first kappa shape index (κ1) is 18.4. The summed E-state index contributed by atoms with van der Waals surface area (Å²) in [5.41, 5.74) is 0.348. The third-order valence-corrected chi connectivity index (χ3v) is 5.26. The van der Waals surface area contributed by atoms with E-state index in [9.17, 15) is 14.4 Å². The van der Waals surface area contributed by atoms with Crippen molar-refractivity contribution in [1.29, 1.82) is 0 Å². The molecule has 1 aliphatic carbocycles. The molecule has 1 atom stereocenters. The Labute approximate surface area is 155 Å². The molecule has 1 aromatic heterocycles. The first-order valence-corrected chi connectivity index (χ1v) is 9.41. The normalized spacial score (nSPS) is 14.8. The summed E-state index contributed by atoms with van der Waals surface area (Å²) in [6.45, 7) is 1.94. The van der Waals surface area contributed by atoms with Crippen molar-refractivity contribution in [3.05, 3.63) is 34.6 Å². The van der Waals surface area contributed by atoms with E-state index in [0.717, 1.165) is 12.8 Å². The number of fused-ring (bicyclic) bond motifs is 1. The monoisotopic (exact) mass is 375 g/mol. The summed E-state index contributed by atoms with van der Waals surface area (Å²) in [5.74, 6) is -0.472. The lowest BCUT2D eigenvalue weighted by Gasteiger charge is -2.16. The number of hydrogen-bond acceptors (Lipinski definition) is 6. The number of thioether (sulfide) groups is 1. The Hall–Kier alpha value is -2.35. The van der Waals surface area contributed by atoms with E-state index < -0.39 is 11.2 Å². The Morgan fingerprint density at radius 2 is 2.12 bits per heavy atom. The number of nitrogens with zero attached hydrogens (tertiary/aromatic N) is 2. The van der Waals surface area contributed by atoms with E-state index in [-0.39, 0.29) is 30.5 Å². The zero-order chi connectivity index (χ0) is 18.7. The minimum Gasteiger partial charge on any atom is -0.469 e. The van der Waals surface area contributed by atoms with Crippen molar-refractivity contribution < 1.29 is 14.3 Å². The van der Waals surface area contributed by atoms with Gasteiger partial charge in [0.25, 0.3) is 5.56 Å². The predicted molar refractivity (Wildman–Crippen MR) is 99.1 cm³/mol. The number of esters is 1. The third-order valence-electron chi connectivity index (χ3n) is 4.17. The molecule has 1 aromatic carbocycles. The SMILES string of the molecule is COC(=O)CCn1c(S[C@@H](C)C(=O)NC2CC2)nc2ccccc2c1=O. The number of aromatic nitrogens is 2. The maximum absolute atomic E-state index is 12.8. The van der Waals surface area contributed by atoms with Crippen molar-refractivity contribution in [3.63, 3.8) is 0 Å². The van der Waals surface area contributed by atoms with Crippen LogP contribution in [0.5, 0.6) is 0 Å². The number of rotatable bonds is 7. The molecule has 0 saturated heterocycles. The van der Waals surface area contributed by atoms with E-state index in [1.54, 1.807) is 25.1 Å². The highest BCUT2D eigenvalue weighted by molar-refractivity contribution is 8.00. The smallest absolute Gasteiger partial charge is 0.307 e. The fourth-order valence-corrected chi connectivity index (χ4v) is 3.44. The lowest BCUT2D eigenvalue weighted by molar-refractivity contribution is -0.140. The van der Waals surface area contributed by atoms with Crippen molar-refractivity contribution in [2.45, 2.75) is 49.2 Å². The van der Waals surface area contributed by atoms with Crippen LogP contribution in [0, 0.1) is 0 Å². The average Bonchev–Trinajstić information content (AvgIpc) is 3.45. The minimum atomic E-state index is -0.402. The molecule has 8 heteroatoms. The van der Waals surface area contributed by atoms with Crippen LogP contribution in [0.2, 0.25) is 0 Å². The van der Waals surface area contributed by atoms with Gasteiger partial charge in [-0.2, -0.15) is 0 Å². The van der Waals surface area contributed by atoms with Crippen LogP contribution < -0.4 is 10.9 Å². The van der Waals surface area contributed by atoms with Crippen molar-refractivity contribution in [1.82, 2.24) is 14.9 Å². The number of benzene rings is 1. The quantitative estimate of drug-likeness (QED) is 0.450. The number of hydrogen-bond donors (Lipinski definition) is 1. The van der Waals surface area contributed by atoms with Crippen molar-refractivity contribution in [2.24, 2.45) is 0 Å². The van der Waals surface area contributed by atoms with Crippen LogP contribution in [0.25, 0.3) is 10.9 Å². The number of nitrogens with one attached hydrogen (secondary N) is 1. The molecular formula is C18H21N3O4S. The zero-order valence-electron chi connectivity index (χ0n) is 14.7. The lowest BCUT2D eigenvalue weighted by atomic mass is 10.2. The standard InChI is InChI=1S/C18H21N3O4S/c1-11(16(23)19-12-7-8-12)26-18-20-14-6-4-3-5-13(14)17(24)21(18)10-9-15(22)25-2/h3-6,11-12H,7-10H2,1-2H3,(H,19,23)/t11-/m0/s1. The van der Waals surface area contributed by atoms with Gasteiger partial charge in [0.1, 0.15) is 0 Å². The Kier molecular flexibility index (Phi) is 5.61. The Morgan fingerprint density at radius 3 is 2.81 bits per heavy atom. The second-order valence-electron chi connectivity index (χ2n) is 6.24. The maximum Gasteiger partial charge on any atom is 0.307 e. The second-order valence-corrected chi connectivity index (χ2v) is 7.55. The van der Waals surface area contributed by atoms with Gasteiger partial charge in [0, 0.05) is 12.6 Å². The molecule has 2 aromatic rings. The van der Waals surface area contributed by atoms with Gasteiger partial charge in [-0.25, -0.2) is 4.98 Å². The second kappa shape index (κ2) is 7.90. The van der Waals surface area contributed by atoms with E-state index >= 15 is 0 Å². The van der Waals surface area contributed by atoms with Crippen LogP contribution in [0.3, 0.4) is 0 Å². The Bertz CT molecular complexity index is 892. The van der Waals surface area contributed by atoms with Crippen molar-refractivity contribution in [2.75, 3.05) is 7.11 Å². The van der Waals surface area contributed by atoms with E-state index in [1.165, 1.54) is 23.4 Å². The molecule has 0 bridgehead atoms. The molecule has 0 unspecified atom stereocenters. The van der Waals surface area contributed by atoms with Gasteiger partial charge in [0.05, 0.1) is 29.7 Å². The third kappa shape index (κ3) is 4.24. The highest BCUT2D eigenvalue weighted by Crippen LogP contribution is 2.25. The first-order chi connectivity index (χ1) is 12.5. The average molecular weight is 375 g/mol. The van der Waals surface area contributed by atoms with Gasteiger partial charge in [-0.05, 0) is 31.9 Å². The molecule has 26 heavy (non-hydrogen) atoms. The van der Waals surface area contributed by atoms with Crippen LogP contribution in [0.1, 0.15) is 26.2 Å². The van der Waals surface area contributed by atoms with Gasteiger partial charge in [0.15, 0.2) is 5.16 Å². The molecule has 0 spiro atoms. The summed E-state index contributed by atoms with van der Waals surface area (Å²) in [7, 11) is 1.31. The van der Waals surface area contributed by atoms with Gasteiger partial charge >= 0.3 is 5.97 Å². The molecule has 138 valence electrons. The van der Waals surface area contributed by atoms with Crippen LogP contribution >= 0.6 is 11.8 Å². The summed E-state index contributed by atoms with van der Waals surface area (Å²) in [6, 6.07) is 7.33. The number of carbonyl (C=O) groups excluding carboxylic acids is 2. The lowest BCUT2D eigenvalue weighted by Crippen LogP contribution is -2.33. The molecule has 1 heterocycles. The summed E-state index contributed by atoms with van der Waals surface area (Å²) in [4.78, 5) is 41.1. The first-order valence-electron chi connectivity index (χ1n) is 8.53. The van der Waals surface area contributed by atoms with Crippen LogP contribution in [-0.4, -0.2) is 39.8 Å². The van der Waals surface area contributed by atoms with Crippen molar-refractivity contribution in [3.8, 4) is 0 Å². The Balaban J connectivity index is 1.91. The summed E-state index contributed by atoms with van der Waals surface area (Å²) < 4.78 is 6.11. The number of amides is 1. The zero-order valence-corrected chi connectivity index (χ0v) is 15.5. The van der Waals surface area contributed by atoms with Crippen LogP contribution in [0.15, 0.2) is 34.2 Å². The van der Waals surface area contributed by atoms with Gasteiger partial charge in [-0.15, -0.1) is 0 Å². The molecule has 1 N–H and O–H groups in total. The Morgan fingerprint density at radius 1 is 1.38 bits per heavy atom.